The molecule has 2 heterocycles. The van der Waals surface area contributed by atoms with Crippen molar-refractivity contribution in [1.82, 2.24) is 0 Å². The van der Waals surface area contributed by atoms with Crippen LogP contribution < -0.4 is 4.74 Å². The Hall–Kier alpha value is -3.05. The summed E-state index contributed by atoms with van der Waals surface area (Å²) >= 11 is 2.07. The molecule has 0 saturated heterocycles. The topological polar surface area (TPSA) is 35.5 Å². The SMILES string of the molecule is CCCCCCC[C@@H](C)OC(=O)C1=CC2=C3C(=C4C=C(c5ccc(-c6ccc(OCCCC)cc6)cc5)SC4(C)C2(C)S1)C(F)(F)C(F)(F)C3(F)F. The van der Waals surface area contributed by atoms with E-state index in [1.165, 1.54) is 6.08 Å². The van der Waals surface area contributed by atoms with Crippen LogP contribution in [0.15, 0.2) is 87.9 Å². The van der Waals surface area contributed by atoms with Gasteiger partial charge in [0.05, 0.1) is 27.1 Å². The number of hydrogen-bond donors (Lipinski definition) is 0. The van der Waals surface area contributed by atoms with Crippen LogP contribution in [0.5, 0.6) is 5.75 Å². The minimum atomic E-state index is -5.68. The fourth-order valence-corrected chi connectivity index (χ4v) is 10.4. The largest absolute Gasteiger partial charge is 0.494 e. The highest BCUT2D eigenvalue weighted by molar-refractivity contribution is 8.12. The van der Waals surface area contributed by atoms with Gasteiger partial charge in [-0.2, -0.15) is 26.3 Å². The molecule has 3 nitrogen and oxygen atoms in total. The van der Waals surface area contributed by atoms with E-state index in [0.29, 0.717) is 23.5 Å². The van der Waals surface area contributed by atoms with Gasteiger partial charge in [0.25, 0.3) is 0 Å². The zero-order valence-corrected chi connectivity index (χ0v) is 31.7. The minimum absolute atomic E-state index is 0.0702. The van der Waals surface area contributed by atoms with Gasteiger partial charge in [0.2, 0.25) is 0 Å². The molecule has 11 heteroatoms. The first kappa shape index (κ1) is 38.7. The van der Waals surface area contributed by atoms with Gasteiger partial charge >= 0.3 is 23.7 Å². The maximum Gasteiger partial charge on any atom is 0.380 e. The third-order valence-electron chi connectivity index (χ3n) is 10.7. The highest BCUT2D eigenvalue weighted by Crippen LogP contribution is 2.74. The Bertz CT molecular complexity index is 1830. The van der Waals surface area contributed by atoms with Gasteiger partial charge in [-0.15, -0.1) is 23.5 Å². The van der Waals surface area contributed by atoms with Crippen molar-refractivity contribution in [2.45, 2.75) is 119 Å². The van der Waals surface area contributed by atoms with Gasteiger partial charge in [-0.1, -0.05) is 82.3 Å². The van der Waals surface area contributed by atoms with Crippen LogP contribution in [0.4, 0.5) is 26.3 Å². The number of halogens is 6. The first-order chi connectivity index (χ1) is 24.5. The lowest BCUT2D eigenvalue weighted by Crippen LogP contribution is -2.49. The quantitative estimate of drug-likeness (QED) is 0.109. The first-order valence-corrected chi connectivity index (χ1v) is 19.7. The number of carbonyl (C=O) groups excluding carboxylic acids is 1. The van der Waals surface area contributed by atoms with Crippen LogP contribution in [0.2, 0.25) is 0 Å². The van der Waals surface area contributed by atoms with Crippen molar-refractivity contribution in [3.05, 3.63) is 93.4 Å². The number of hydrogen-bond acceptors (Lipinski definition) is 5. The molecule has 0 bridgehead atoms. The Kier molecular flexibility index (Phi) is 10.6. The van der Waals surface area contributed by atoms with Crippen molar-refractivity contribution in [1.29, 1.82) is 0 Å². The van der Waals surface area contributed by atoms with E-state index in [0.717, 1.165) is 91.4 Å². The molecule has 1 fully saturated rings. The maximum absolute atomic E-state index is 15.8. The Morgan fingerprint density at radius 1 is 0.692 bits per heavy atom. The lowest BCUT2D eigenvalue weighted by molar-refractivity contribution is -0.258. The normalized spacial score (nSPS) is 25.7. The molecule has 280 valence electrons. The molecule has 2 aliphatic heterocycles. The highest BCUT2D eigenvalue weighted by atomic mass is 32.2. The molecule has 0 N–H and O–H groups in total. The van der Waals surface area contributed by atoms with E-state index >= 15 is 26.3 Å². The summed E-state index contributed by atoms with van der Waals surface area (Å²) in [5, 5.41) is 0. The van der Waals surface area contributed by atoms with E-state index in [2.05, 4.69) is 13.8 Å². The van der Waals surface area contributed by atoms with Gasteiger partial charge in [-0.25, -0.2) is 4.79 Å². The smallest absolute Gasteiger partial charge is 0.380 e. The van der Waals surface area contributed by atoms with Crippen molar-refractivity contribution in [3.8, 4) is 16.9 Å². The summed E-state index contributed by atoms with van der Waals surface area (Å²) in [5.41, 5.74) is -1.00. The molecule has 3 atom stereocenters. The lowest BCUT2D eigenvalue weighted by Gasteiger charge is -2.47. The van der Waals surface area contributed by atoms with Gasteiger partial charge in [-0.3, -0.25) is 0 Å². The average molecular weight is 763 g/mol. The van der Waals surface area contributed by atoms with Crippen molar-refractivity contribution in [3.63, 3.8) is 0 Å². The molecule has 2 aromatic carbocycles. The number of thioether (sulfide) groups is 2. The van der Waals surface area contributed by atoms with Crippen LogP contribution in [0, 0.1) is 0 Å². The standard InChI is InChI=1S/C41H44F6O3S2/c1-6-8-10-11-12-13-25(3)50-36(48)33-24-31-35-34(39(42,43)41(46,47)40(35,44)45)30-23-32(51-37(30,4)38(31,5)52-33)28-16-14-26(15-17-28)27-18-20-29(21-19-27)49-22-9-7-2/h14-21,23-25H,6-13,22H2,1-5H3/t25-,37?,38?/m1/s1. The third-order valence-corrected chi connectivity index (χ3v) is 13.9. The van der Waals surface area contributed by atoms with Gasteiger partial charge in [-0.05, 0) is 92.2 Å². The second-order valence-corrected chi connectivity index (χ2v) is 17.2. The summed E-state index contributed by atoms with van der Waals surface area (Å²) < 4.78 is 102. The molecule has 2 aromatic rings. The van der Waals surface area contributed by atoms with E-state index in [1.807, 2.05) is 36.4 Å². The van der Waals surface area contributed by atoms with Crippen LogP contribution in [-0.2, 0) is 9.53 Å². The number of unbranched alkanes of at least 4 members (excludes halogenated alkanes) is 5. The fraction of sp³-hybridized carbons (Fsp3) is 0.488. The molecule has 1 saturated carbocycles. The molecule has 4 aliphatic rings. The predicted molar refractivity (Wildman–Crippen MR) is 198 cm³/mol. The number of esters is 1. The summed E-state index contributed by atoms with van der Waals surface area (Å²) in [4.78, 5) is 13.8. The second kappa shape index (κ2) is 14.3. The van der Waals surface area contributed by atoms with Crippen LogP contribution in [0.1, 0.15) is 91.5 Å². The summed E-state index contributed by atoms with van der Waals surface area (Å²) in [5.74, 6) is -16.0. The summed E-state index contributed by atoms with van der Waals surface area (Å²) in [7, 11) is 0. The maximum atomic E-state index is 15.8. The van der Waals surface area contributed by atoms with Gasteiger partial charge in [0, 0.05) is 16.1 Å². The fourth-order valence-electron chi connectivity index (χ4n) is 7.39. The van der Waals surface area contributed by atoms with Gasteiger partial charge in [0.1, 0.15) is 5.75 Å². The number of carbonyl (C=O) groups is 1. The molecular formula is C41H44F6O3S2. The van der Waals surface area contributed by atoms with Crippen molar-refractivity contribution >= 4 is 34.4 Å². The van der Waals surface area contributed by atoms with Crippen LogP contribution in [-0.4, -0.2) is 45.9 Å². The minimum Gasteiger partial charge on any atom is -0.494 e. The Morgan fingerprint density at radius 2 is 1.21 bits per heavy atom. The number of ether oxygens (including phenoxy) is 2. The average Bonchev–Trinajstić information content (AvgIpc) is 3.69. The summed E-state index contributed by atoms with van der Waals surface area (Å²) in [6, 6.07) is 15.0. The van der Waals surface area contributed by atoms with E-state index in [1.54, 1.807) is 32.9 Å². The summed E-state index contributed by atoms with van der Waals surface area (Å²) in [6.07, 6.45) is 9.62. The molecule has 2 unspecified atom stereocenters. The number of rotatable bonds is 14. The predicted octanol–water partition coefficient (Wildman–Crippen LogP) is 12.6. The van der Waals surface area contributed by atoms with Crippen LogP contribution in [0.25, 0.3) is 16.0 Å². The molecule has 0 aromatic heterocycles. The third kappa shape index (κ3) is 6.25. The molecular weight excluding hydrogens is 719 g/mol. The number of allylic oxidation sites excluding steroid dienone is 4. The number of fused-ring (bicyclic) bond motifs is 4. The Labute approximate surface area is 310 Å². The molecule has 0 spiro atoms. The Morgan fingerprint density at radius 3 is 1.81 bits per heavy atom. The van der Waals surface area contributed by atoms with E-state index < -0.39 is 50.5 Å². The van der Waals surface area contributed by atoms with Crippen molar-refractivity contribution < 1.29 is 40.6 Å². The molecule has 52 heavy (non-hydrogen) atoms. The van der Waals surface area contributed by atoms with E-state index in [9.17, 15) is 4.79 Å². The lowest BCUT2D eigenvalue weighted by atomic mass is 9.71. The second-order valence-electron chi connectivity index (χ2n) is 14.3. The van der Waals surface area contributed by atoms with Gasteiger partial charge < -0.3 is 9.47 Å². The number of benzene rings is 2. The van der Waals surface area contributed by atoms with E-state index in [4.69, 9.17) is 9.47 Å². The zero-order valence-electron chi connectivity index (χ0n) is 30.0. The highest BCUT2D eigenvalue weighted by Gasteiger charge is 2.84. The molecule has 0 radical (unpaired) electrons. The Balaban J connectivity index is 1.32. The van der Waals surface area contributed by atoms with Gasteiger partial charge in [0.15, 0.2) is 0 Å². The monoisotopic (exact) mass is 762 g/mol. The number of alkyl halides is 6. The van der Waals surface area contributed by atoms with Crippen LogP contribution in [0.3, 0.4) is 0 Å². The van der Waals surface area contributed by atoms with Crippen LogP contribution >= 0.6 is 23.5 Å². The zero-order chi connectivity index (χ0) is 37.7. The molecule has 2 aliphatic carbocycles. The first-order valence-electron chi connectivity index (χ1n) is 18.0. The molecule has 0 amide bonds. The molecule has 6 rings (SSSR count). The van der Waals surface area contributed by atoms with Crippen molar-refractivity contribution in [2.75, 3.05) is 6.61 Å². The van der Waals surface area contributed by atoms with Crippen molar-refractivity contribution in [2.24, 2.45) is 0 Å². The summed E-state index contributed by atoms with van der Waals surface area (Å²) in [6.45, 7) is 9.75. The van der Waals surface area contributed by atoms with E-state index in [-0.39, 0.29) is 16.1 Å².